The van der Waals surface area contributed by atoms with E-state index in [1.807, 2.05) is 0 Å². The standard InChI is InChI=1S/C19H16F2N4O5/c20-11-1-2-13(14(21)9-11)17-22-23-18(28-17)25-10-19(24-7-5-12(25)6-8-24)29-15(26)3-4-16(27)30-19/h1-4,9,12H,5-8,10H2. The Kier molecular flexibility index (Phi) is 4.28. The third-order valence-corrected chi connectivity index (χ3v) is 5.45. The van der Waals surface area contributed by atoms with Crippen molar-refractivity contribution >= 4 is 18.0 Å². The number of carbonyl (C=O) groups is 2. The van der Waals surface area contributed by atoms with E-state index in [0.29, 0.717) is 25.9 Å². The molecule has 1 aromatic heterocycles. The Morgan fingerprint density at radius 1 is 1.03 bits per heavy atom. The zero-order valence-electron chi connectivity index (χ0n) is 15.6. The Bertz CT molecular complexity index is 1030. The number of rotatable bonds is 2. The Labute approximate surface area is 168 Å². The summed E-state index contributed by atoms with van der Waals surface area (Å²) in [7, 11) is 0. The van der Waals surface area contributed by atoms with Crippen LogP contribution in [-0.4, -0.2) is 58.6 Å². The highest BCUT2D eigenvalue weighted by Gasteiger charge is 2.53. The molecule has 30 heavy (non-hydrogen) atoms. The first-order valence-corrected chi connectivity index (χ1v) is 9.38. The first kappa shape index (κ1) is 18.7. The lowest BCUT2D eigenvalue weighted by Crippen LogP contribution is -2.58. The van der Waals surface area contributed by atoms with Gasteiger partial charge in [0.15, 0.2) is 0 Å². The second-order valence-electron chi connectivity index (χ2n) is 7.25. The van der Waals surface area contributed by atoms with Gasteiger partial charge in [-0.1, -0.05) is 5.10 Å². The third-order valence-electron chi connectivity index (χ3n) is 5.45. The molecular weight excluding hydrogens is 402 g/mol. The summed E-state index contributed by atoms with van der Waals surface area (Å²) in [5.74, 6) is -4.72. The van der Waals surface area contributed by atoms with Gasteiger partial charge in [0.2, 0.25) is 0 Å². The lowest BCUT2D eigenvalue weighted by atomic mass is 10.1. The normalized spacial score (nSPS) is 25.1. The number of fused-ring (bicyclic) bond motifs is 3. The van der Waals surface area contributed by atoms with Gasteiger partial charge in [-0.25, -0.2) is 23.3 Å². The van der Waals surface area contributed by atoms with Gasteiger partial charge in [-0.15, -0.1) is 5.10 Å². The summed E-state index contributed by atoms with van der Waals surface area (Å²) in [6.07, 6.45) is 3.38. The lowest BCUT2D eigenvalue weighted by Gasteiger charge is -2.39. The fraction of sp³-hybridized carbons (Fsp3) is 0.368. The average Bonchev–Trinajstić information content (AvgIpc) is 3.02. The number of hydrogen-bond acceptors (Lipinski definition) is 9. The first-order chi connectivity index (χ1) is 14.4. The maximum atomic E-state index is 14.1. The van der Waals surface area contributed by atoms with E-state index in [2.05, 4.69) is 10.2 Å². The van der Waals surface area contributed by atoms with Crippen LogP contribution >= 0.6 is 0 Å². The van der Waals surface area contributed by atoms with E-state index in [1.165, 1.54) is 6.07 Å². The molecule has 156 valence electrons. The van der Waals surface area contributed by atoms with Gasteiger partial charge in [0.1, 0.15) is 18.2 Å². The van der Waals surface area contributed by atoms with Gasteiger partial charge in [-0.2, -0.15) is 0 Å². The van der Waals surface area contributed by atoms with Gasteiger partial charge in [0, 0.05) is 37.3 Å². The number of ether oxygens (including phenoxy) is 2. The summed E-state index contributed by atoms with van der Waals surface area (Å²) < 4.78 is 44.0. The molecule has 6 rings (SSSR count). The molecule has 0 saturated carbocycles. The molecule has 2 bridgehead atoms. The second-order valence-corrected chi connectivity index (χ2v) is 7.25. The van der Waals surface area contributed by atoms with Gasteiger partial charge in [-0.05, 0) is 25.0 Å². The molecule has 0 amide bonds. The molecule has 4 aliphatic heterocycles. The van der Waals surface area contributed by atoms with Crippen molar-refractivity contribution in [3.8, 4) is 11.5 Å². The van der Waals surface area contributed by atoms with Crippen LogP contribution in [0.15, 0.2) is 34.8 Å². The van der Waals surface area contributed by atoms with Crippen LogP contribution in [0.5, 0.6) is 0 Å². The number of hydrogen-bond donors (Lipinski definition) is 0. The van der Waals surface area contributed by atoms with Crippen molar-refractivity contribution in [2.75, 3.05) is 24.5 Å². The number of anilines is 1. The number of piperidine rings is 1. The quantitative estimate of drug-likeness (QED) is 0.674. The Balaban J connectivity index is 1.51. The van der Waals surface area contributed by atoms with E-state index in [0.717, 1.165) is 24.3 Å². The van der Waals surface area contributed by atoms with Gasteiger partial charge in [0.05, 0.1) is 5.56 Å². The van der Waals surface area contributed by atoms with E-state index in [9.17, 15) is 18.4 Å². The maximum Gasteiger partial charge on any atom is 0.339 e. The fourth-order valence-electron chi connectivity index (χ4n) is 4.02. The highest BCUT2D eigenvalue weighted by atomic mass is 19.1. The smallest absolute Gasteiger partial charge is 0.339 e. The monoisotopic (exact) mass is 418 g/mol. The summed E-state index contributed by atoms with van der Waals surface area (Å²) in [5, 5.41) is 7.90. The maximum absolute atomic E-state index is 14.1. The number of carbonyl (C=O) groups excluding carboxylic acids is 2. The van der Waals surface area contributed by atoms with Crippen LogP contribution in [0, 0.1) is 11.6 Å². The average molecular weight is 418 g/mol. The SMILES string of the molecule is O=C1C=CC(=O)OC2(CN(c3nnc(-c4ccc(F)cc4F)o3)C3CCN2CC3)O1. The predicted octanol–water partition coefficient (Wildman–Crippen LogP) is 1.61. The zero-order valence-corrected chi connectivity index (χ0v) is 15.6. The fourth-order valence-corrected chi connectivity index (χ4v) is 4.02. The van der Waals surface area contributed by atoms with Crippen LogP contribution in [-0.2, 0) is 19.1 Å². The summed E-state index contributed by atoms with van der Waals surface area (Å²) in [6.45, 7) is 0.995. The molecule has 0 atom stereocenters. The largest absolute Gasteiger partial charge is 0.403 e. The van der Waals surface area contributed by atoms with E-state index in [4.69, 9.17) is 13.9 Å². The Hall–Kier alpha value is -3.34. The summed E-state index contributed by atoms with van der Waals surface area (Å²) in [4.78, 5) is 27.7. The number of benzene rings is 1. The van der Waals surface area contributed by atoms with E-state index in [1.54, 1.807) is 9.80 Å². The summed E-state index contributed by atoms with van der Waals surface area (Å²) in [5.41, 5.74) is -0.0377. The van der Waals surface area contributed by atoms with E-state index in [-0.39, 0.29) is 30.1 Å². The van der Waals surface area contributed by atoms with Crippen LogP contribution in [0.1, 0.15) is 12.8 Å². The Morgan fingerprint density at radius 2 is 1.73 bits per heavy atom. The topological polar surface area (TPSA) is 98.0 Å². The molecule has 9 nitrogen and oxygen atoms in total. The number of aromatic nitrogens is 2. The third kappa shape index (κ3) is 3.11. The van der Waals surface area contributed by atoms with Crippen LogP contribution < -0.4 is 4.90 Å². The molecule has 11 heteroatoms. The van der Waals surface area contributed by atoms with Gasteiger partial charge in [-0.3, -0.25) is 0 Å². The van der Waals surface area contributed by atoms with Crippen molar-refractivity contribution in [3.63, 3.8) is 0 Å². The molecule has 0 radical (unpaired) electrons. The van der Waals surface area contributed by atoms with E-state index < -0.39 is 29.5 Å². The van der Waals surface area contributed by atoms with Crippen LogP contribution in [0.3, 0.4) is 0 Å². The minimum absolute atomic E-state index is 0.0377. The number of halogens is 2. The van der Waals surface area contributed by atoms with Crippen molar-refractivity contribution in [2.45, 2.75) is 24.8 Å². The zero-order chi connectivity index (χ0) is 20.9. The predicted molar refractivity (Wildman–Crippen MR) is 95.6 cm³/mol. The van der Waals surface area contributed by atoms with Crippen molar-refractivity contribution in [3.05, 3.63) is 42.0 Å². The van der Waals surface area contributed by atoms with Crippen molar-refractivity contribution in [1.29, 1.82) is 0 Å². The molecule has 5 heterocycles. The first-order valence-electron chi connectivity index (χ1n) is 9.38. The minimum Gasteiger partial charge on any atom is -0.403 e. The molecule has 3 fully saturated rings. The van der Waals surface area contributed by atoms with Crippen LogP contribution in [0.2, 0.25) is 0 Å². The van der Waals surface area contributed by atoms with Gasteiger partial charge >= 0.3 is 23.9 Å². The number of nitrogens with zero attached hydrogens (tertiary/aromatic N) is 4. The minimum atomic E-state index is -1.64. The Morgan fingerprint density at radius 3 is 2.40 bits per heavy atom. The lowest BCUT2D eigenvalue weighted by molar-refractivity contribution is -0.274. The molecule has 2 aromatic rings. The highest BCUT2D eigenvalue weighted by molar-refractivity contribution is 5.93. The van der Waals surface area contributed by atoms with Crippen molar-refractivity contribution < 1.29 is 32.3 Å². The molecule has 4 aliphatic rings. The second kappa shape index (κ2) is 6.87. The summed E-state index contributed by atoms with van der Waals surface area (Å²) in [6, 6.07) is 3.05. The molecule has 0 unspecified atom stereocenters. The highest BCUT2D eigenvalue weighted by Crippen LogP contribution is 2.37. The number of esters is 2. The molecule has 1 spiro atoms. The molecule has 0 N–H and O–H groups in total. The van der Waals surface area contributed by atoms with Crippen molar-refractivity contribution in [2.24, 2.45) is 0 Å². The van der Waals surface area contributed by atoms with Crippen molar-refractivity contribution in [1.82, 2.24) is 15.1 Å². The molecule has 0 aliphatic carbocycles. The van der Waals surface area contributed by atoms with Gasteiger partial charge in [0.25, 0.3) is 5.89 Å². The van der Waals surface area contributed by atoms with Crippen LogP contribution in [0.4, 0.5) is 14.8 Å². The summed E-state index contributed by atoms with van der Waals surface area (Å²) >= 11 is 0. The van der Waals surface area contributed by atoms with E-state index >= 15 is 0 Å². The van der Waals surface area contributed by atoms with Crippen LogP contribution in [0.25, 0.3) is 11.5 Å². The molecule has 3 saturated heterocycles. The molecular formula is C19H16F2N4O5. The molecule has 1 aromatic carbocycles. The van der Waals surface area contributed by atoms with Gasteiger partial charge < -0.3 is 18.8 Å².